The molecule has 5 aromatic rings. The van der Waals surface area contributed by atoms with E-state index in [4.69, 9.17) is 0 Å². The molecule has 12 nitrogen and oxygen atoms in total. The number of imide groups is 1. The first-order chi connectivity index (χ1) is 35.6. The summed E-state index contributed by atoms with van der Waals surface area (Å²) in [7, 11) is 1.78. The monoisotopic (exact) mass is 1010 g/mol. The van der Waals surface area contributed by atoms with Crippen molar-refractivity contribution in [1.29, 1.82) is 0 Å². The number of halogens is 3. The first kappa shape index (κ1) is 50.7. The second-order valence-electron chi connectivity index (χ2n) is 21.1. The number of amides is 4. The number of nitrogens with one attached hydrogen (secondary N) is 2. The molecule has 3 aromatic carbocycles. The van der Waals surface area contributed by atoms with E-state index in [1.54, 1.807) is 36.1 Å². The van der Waals surface area contributed by atoms with Crippen LogP contribution in [0.2, 0.25) is 0 Å². The number of alkyl halides is 2. The first-order valence-electron chi connectivity index (χ1n) is 26.3. The summed E-state index contributed by atoms with van der Waals surface area (Å²) in [6.07, 6.45) is 16.7. The minimum absolute atomic E-state index is 0.000619. The topological polar surface area (TPSA) is 137 Å². The van der Waals surface area contributed by atoms with Gasteiger partial charge in [0.05, 0.1) is 22.5 Å². The highest BCUT2D eigenvalue weighted by Crippen LogP contribution is 2.47. The maximum absolute atomic E-state index is 16.2. The third-order valence-electron chi connectivity index (χ3n) is 16.5. The van der Waals surface area contributed by atoms with E-state index in [1.165, 1.54) is 23.8 Å². The Labute approximate surface area is 429 Å². The molecule has 0 saturated carbocycles. The van der Waals surface area contributed by atoms with Gasteiger partial charge in [-0.15, -0.1) is 0 Å². The van der Waals surface area contributed by atoms with Gasteiger partial charge in [0.1, 0.15) is 11.9 Å². The van der Waals surface area contributed by atoms with Crippen molar-refractivity contribution in [3.63, 3.8) is 0 Å². The Kier molecular flexibility index (Phi) is 14.2. The standard InChI is InChI=1S/C59H64F3N7O5/c1-35-29-49-46(50(16-22-64-49)68-27-21-44(63-4)33-54(68)71)34-45(35)37(3)66-25-19-42(20-26-66)55-36(2)28-43(32-48(55)60)57(73)67-23-17-41(18-24-67)30-39-7-5-6-38(8-10-39)9-11-40-12-13-51-47(31-40)59(61,62)58(74)69(51)52-14-15-53(70)65-56(52)72/h7,12-13,16,19,21-22,27-29,31-34,37-38,41,52,63H,5-6,8-11,14-15,17-18,20,23-26,30H2,1-4H3,(H,65,70,72)/t37-,38?,52?/m0/s1. The molecule has 6 heterocycles. The number of benzene rings is 3. The van der Waals surface area contributed by atoms with Gasteiger partial charge < -0.3 is 10.2 Å². The number of hydrogen-bond acceptors (Lipinski definition) is 8. The number of piperidine rings is 2. The summed E-state index contributed by atoms with van der Waals surface area (Å²) in [5.74, 6) is -6.04. The van der Waals surface area contributed by atoms with E-state index in [1.807, 2.05) is 30.0 Å². The molecule has 74 heavy (non-hydrogen) atoms. The zero-order valence-corrected chi connectivity index (χ0v) is 42.6. The van der Waals surface area contributed by atoms with Crippen molar-refractivity contribution < 1.29 is 32.3 Å². The minimum atomic E-state index is -3.75. The summed E-state index contributed by atoms with van der Waals surface area (Å²) in [5, 5.41) is 6.08. The lowest BCUT2D eigenvalue weighted by atomic mass is 9.87. The van der Waals surface area contributed by atoms with Crippen molar-refractivity contribution in [3.8, 4) is 5.69 Å². The van der Waals surface area contributed by atoms with Gasteiger partial charge in [-0.2, -0.15) is 8.78 Å². The third-order valence-corrected chi connectivity index (χ3v) is 16.5. The number of aromatic nitrogens is 2. The molecule has 2 N–H and O–H groups in total. The molecule has 2 unspecified atom stereocenters. The molecule has 5 aliphatic rings. The smallest absolute Gasteiger partial charge is 0.352 e. The van der Waals surface area contributed by atoms with Crippen molar-refractivity contribution >= 4 is 51.5 Å². The summed E-state index contributed by atoms with van der Waals surface area (Å²) in [6.45, 7) is 8.76. The quantitative estimate of drug-likeness (QED) is 0.0932. The Bertz CT molecular complexity index is 3170. The SMILES string of the molecule is CNc1ccn(-c2ccnc3cc(C)c([C@H](C)N4CC=C(c5c(C)cc(C(=O)N6CCC(CC7=CCCC(CCc8ccc9c(c8)C(F)(F)C(=O)N9C8CCC(=O)NC8=O)CC7)CC6)cc5F)CC4)cc23)c(=O)c1. The van der Waals surface area contributed by atoms with Crippen LogP contribution in [0, 0.1) is 31.5 Å². The summed E-state index contributed by atoms with van der Waals surface area (Å²) in [4.78, 5) is 73.8. The average molecular weight is 1010 g/mol. The Morgan fingerprint density at radius 2 is 1.68 bits per heavy atom. The van der Waals surface area contributed by atoms with Crippen LogP contribution in [0.3, 0.4) is 0 Å². The molecule has 3 atom stereocenters. The number of carbonyl (C=O) groups is 4. The van der Waals surface area contributed by atoms with E-state index in [-0.39, 0.29) is 47.4 Å². The Morgan fingerprint density at radius 1 is 0.865 bits per heavy atom. The van der Waals surface area contributed by atoms with Crippen molar-refractivity contribution in [2.45, 2.75) is 116 Å². The molecule has 4 amide bonds. The molecule has 2 aromatic heterocycles. The van der Waals surface area contributed by atoms with E-state index >= 15 is 13.2 Å². The first-order valence-corrected chi connectivity index (χ1v) is 26.3. The number of nitrogens with zero attached hydrogens (tertiary/aromatic N) is 5. The number of fused-ring (bicyclic) bond motifs is 2. The number of carbonyl (C=O) groups excluding carboxylic acids is 4. The minimum Gasteiger partial charge on any atom is -0.388 e. The van der Waals surface area contributed by atoms with Crippen molar-refractivity contribution in [2.24, 2.45) is 11.8 Å². The van der Waals surface area contributed by atoms with E-state index in [2.05, 4.69) is 58.6 Å². The number of hydrogen-bond donors (Lipinski definition) is 2. The largest absolute Gasteiger partial charge is 0.388 e. The summed E-state index contributed by atoms with van der Waals surface area (Å²) < 4.78 is 48.5. The van der Waals surface area contributed by atoms with Crippen LogP contribution in [0.25, 0.3) is 22.2 Å². The lowest BCUT2D eigenvalue weighted by Gasteiger charge is -2.34. The number of allylic oxidation sites excluding steroid dienone is 2. The van der Waals surface area contributed by atoms with E-state index < -0.39 is 29.7 Å². The fraction of sp³-hybridized carbons (Fsp3) is 0.424. The summed E-state index contributed by atoms with van der Waals surface area (Å²) >= 11 is 0. The van der Waals surface area contributed by atoms with E-state index in [0.29, 0.717) is 55.4 Å². The van der Waals surface area contributed by atoms with Crippen molar-refractivity contribution in [2.75, 3.05) is 43.4 Å². The highest BCUT2D eigenvalue weighted by molar-refractivity contribution is 6.12. The Morgan fingerprint density at radius 3 is 2.41 bits per heavy atom. The molecule has 0 radical (unpaired) electrons. The van der Waals surface area contributed by atoms with Crippen LogP contribution in [0.15, 0.2) is 95.6 Å². The van der Waals surface area contributed by atoms with Gasteiger partial charge in [-0.25, -0.2) is 4.39 Å². The number of likely N-dealkylation sites (tertiary alicyclic amines) is 1. The van der Waals surface area contributed by atoms with Gasteiger partial charge in [0.2, 0.25) is 11.8 Å². The molecular weight excluding hydrogens is 944 g/mol. The normalized spacial score (nSPS) is 21.0. The van der Waals surface area contributed by atoms with E-state index in [9.17, 15) is 24.0 Å². The number of anilines is 2. The molecule has 1 aliphatic carbocycles. The van der Waals surface area contributed by atoms with Crippen LogP contribution in [-0.2, 0) is 26.7 Å². The summed E-state index contributed by atoms with van der Waals surface area (Å²) in [6, 6.07) is 16.4. The van der Waals surface area contributed by atoms with Crippen molar-refractivity contribution in [3.05, 3.63) is 146 Å². The van der Waals surface area contributed by atoms with Crippen LogP contribution in [-0.4, -0.2) is 82.2 Å². The van der Waals surface area contributed by atoms with Gasteiger partial charge in [0.15, 0.2) is 0 Å². The number of pyridine rings is 2. The van der Waals surface area contributed by atoms with Gasteiger partial charge in [-0.3, -0.25) is 48.6 Å². The maximum Gasteiger partial charge on any atom is 0.352 e. The molecule has 386 valence electrons. The molecule has 0 spiro atoms. The van der Waals surface area contributed by atoms with E-state index in [0.717, 1.165) is 113 Å². The highest BCUT2D eigenvalue weighted by atomic mass is 19.3. The lowest BCUT2D eigenvalue weighted by Crippen LogP contribution is -2.54. The van der Waals surface area contributed by atoms with Crippen LogP contribution >= 0.6 is 0 Å². The predicted octanol–water partition coefficient (Wildman–Crippen LogP) is 10.3. The van der Waals surface area contributed by atoms with Gasteiger partial charge >= 0.3 is 11.8 Å². The fourth-order valence-electron chi connectivity index (χ4n) is 12.2. The van der Waals surface area contributed by atoms with Crippen LogP contribution in [0.1, 0.15) is 127 Å². The second-order valence-corrected chi connectivity index (χ2v) is 21.1. The predicted molar refractivity (Wildman–Crippen MR) is 281 cm³/mol. The Balaban J connectivity index is 0.706. The fourth-order valence-corrected chi connectivity index (χ4v) is 12.2. The molecule has 10 rings (SSSR count). The second kappa shape index (κ2) is 20.8. The molecule has 2 fully saturated rings. The van der Waals surface area contributed by atoms with Gasteiger partial charge in [0.25, 0.3) is 11.5 Å². The lowest BCUT2D eigenvalue weighted by molar-refractivity contribution is -0.144. The highest BCUT2D eigenvalue weighted by Gasteiger charge is 2.56. The molecule has 0 bridgehead atoms. The van der Waals surface area contributed by atoms with Gasteiger partial charge in [0, 0.05) is 86.3 Å². The zero-order chi connectivity index (χ0) is 52.0. The number of rotatable bonds is 12. The molecule has 2 saturated heterocycles. The van der Waals surface area contributed by atoms with Crippen molar-refractivity contribution in [1.82, 2.24) is 24.7 Å². The number of aryl methyl sites for hydroxylation is 3. The van der Waals surface area contributed by atoms with Gasteiger partial charge in [-0.1, -0.05) is 23.8 Å². The Hall–Kier alpha value is -6.87. The summed E-state index contributed by atoms with van der Waals surface area (Å²) in [5.41, 5.74) is 8.89. The zero-order valence-electron chi connectivity index (χ0n) is 42.6. The average Bonchev–Trinajstić information content (AvgIpc) is 3.49. The third kappa shape index (κ3) is 9.94. The molecule has 15 heteroatoms. The van der Waals surface area contributed by atoms with Gasteiger partial charge in [-0.05, 0) is 180 Å². The maximum atomic E-state index is 16.2. The van der Waals surface area contributed by atoms with Crippen LogP contribution in [0.4, 0.5) is 24.5 Å². The van der Waals surface area contributed by atoms with Crippen LogP contribution < -0.4 is 21.1 Å². The molecule has 4 aliphatic heterocycles. The van der Waals surface area contributed by atoms with Crippen LogP contribution in [0.5, 0.6) is 0 Å². The molecular formula is C59H64F3N7O5.